The highest BCUT2D eigenvalue weighted by atomic mass is 16.5. The lowest BCUT2D eigenvalue weighted by molar-refractivity contribution is -0.117. The minimum absolute atomic E-state index is 0.00488. The zero-order valence-corrected chi connectivity index (χ0v) is 18.2. The number of amides is 3. The molecule has 1 aromatic rings. The molecule has 0 radical (unpaired) electrons. The van der Waals surface area contributed by atoms with Crippen LogP contribution in [-0.4, -0.2) is 90.0 Å². The molecule has 2 heterocycles. The molecule has 1 aliphatic rings. The number of hydrogen-bond donors (Lipinski definition) is 2. The van der Waals surface area contributed by atoms with Crippen molar-refractivity contribution >= 4 is 23.8 Å². The number of carbonyl (C=O) groups excluding carboxylic acids is 2. The first-order chi connectivity index (χ1) is 14.7. The maximum atomic E-state index is 11.9. The molecule has 11 nitrogen and oxygen atoms in total. The third-order valence-corrected chi connectivity index (χ3v) is 5.19. The lowest BCUT2D eigenvalue weighted by Crippen LogP contribution is -2.58. The number of pyridine rings is 1. The van der Waals surface area contributed by atoms with Gasteiger partial charge in [0, 0.05) is 50.7 Å². The fourth-order valence-electron chi connectivity index (χ4n) is 3.65. The van der Waals surface area contributed by atoms with Crippen LogP contribution in [-0.2, 0) is 9.53 Å². The maximum Gasteiger partial charge on any atom is 0.414 e. The van der Waals surface area contributed by atoms with E-state index in [-0.39, 0.29) is 25.0 Å². The Bertz CT molecular complexity index is 747. The molecule has 31 heavy (non-hydrogen) atoms. The number of nitrogens with two attached hydrogens (primary N) is 1. The Kier molecular flexibility index (Phi) is 8.86. The van der Waals surface area contributed by atoms with Crippen molar-refractivity contribution in [2.75, 3.05) is 44.8 Å². The molecule has 2 unspecified atom stereocenters. The van der Waals surface area contributed by atoms with Gasteiger partial charge in [0.1, 0.15) is 0 Å². The van der Waals surface area contributed by atoms with Crippen LogP contribution in [0.25, 0.3) is 0 Å². The lowest BCUT2D eigenvalue weighted by Gasteiger charge is -2.43. The highest BCUT2D eigenvalue weighted by Crippen LogP contribution is 2.19. The molecular formula is C20H31N5O6. The summed E-state index contributed by atoms with van der Waals surface area (Å²) in [5, 5.41) is 9.18. The zero-order valence-electron chi connectivity index (χ0n) is 18.2. The average Bonchev–Trinajstić information content (AvgIpc) is 2.73. The summed E-state index contributed by atoms with van der Waals surface area (Å²) in [4.78, 5) is 43.4. The topological polar surface area (TPSA) is 139 Å². The Labute approximate surface area is 181 Å². The van der Waals surface area contributed by atoms with Crippen molar-refractivity contribution in [1.29, 1.82) is 0 Å². The molecule has 0 bridgehead atoms. The minimum atomic E-state index is -0.878. The van der Waals surface area contributed by atoms with E-state index >= 15 is 0 Å². The van der Waals surface area contributed by atoms with Gasteiger partial charge in [-0.15, -0.1) is 0 Å². The summed E-state index contributed by atoms with van der Waals surface area (Å²) in [6, 6.07) is 3.59. The standard InChI is InChI=1S/C20H31N5O6/c1-14-12-23(19(27)28)13-15(2)24(14)8-4-10-31-18-6-5-16(11-22-18)25(20(29)30-3)9-7-17(21)26/h5-6,11,14-15H,4,7-10,12-13H2,1-3H3,(H2,21,26)(H,27,28). The van der Waals surface area contributed by atoms with E-state index in [1.807, 2.05) is 13.8 Å². The van der Waals surface area contributed by atoms with Gasteiger partial charge in [0.2, 0.25) is 11.8 Å². The van der Waals surface area contributed by atoms with Crippen LogP contribution in [0.1, 0.15) is 26.7 Å². The van der Waals surface area contributed by atoms with Crippen molar-refractivity contribution in [3.05, 3.63) is 18.3 Å². The monoisotopic (exact) mass is 437 g/mol. The van der Waals surface area contributed by atoms with Crippen LogP contribution in [0.4, 0.5) is 15.3 Å². The van der Waals surface area contributed by atoms with Crippen molar-refractivity contribution in [3.8, 4) is 5.88 Å². The molecule has 0 aliphatic carbocycles. The second-order valence-electron chi connectivity index (χ2n) is 7.52. The van der Waals surface area contributed by atoms with Crippen LogP contribution in [0.15, 0.2) is 18.3 Å². The molecule has 2 atom stereocenters. The van der Waals surface area contributed by atoms with Crippen molar-refractivity contribution in [2.24, 2.45) is 5.73 Å². The number of aromatic nitrogens is 1. The molecule has 1 aliphatic heterocycles. The summed E-state index contributed by atoms with van der Waals surface area (Å²) >= 11 is 0. The second-order valence-corrected chi connectivity index (χ2v) is 7.52. The van der Waals surface area contributed by atoms with Crippen LogP contribution in [0, 0.1) is 0 Å². The number of carbonyl (C=O) groups is 3. The van der Waals surface area contributed by atoms with Gasteiger partial charge in [-0.25, -0.2) is 14.6 Å². The van der Waals surface area contributed by atoms with E-state index in [4.69, 9.17) is 15.2 Å². The fourth-order valence-corrected chi connectivity index (χ4v) is 3.65. The van der Waals surface area contributed by atoms with E-state index in [1.54, 1.807) is 12.1 Å². The van der Waals surface area contributed by atoms with Gasteiger partial charge in [-0.05, 0) is 26.3 Å². The van der Waals surface area contributed by atoms with E-state index in [0.717, 1.165) is 13.0 Å². The Balaban J connectivity index is 1.83. The molecule has 3 amide bonds. The van der Waals surface area contributed by atoms with Crippen LogP contribution >= 0.6 is 0 Å². The Morgan fingerprint density at radius 3 is 2.45 bits per heavy atom. The van der Waals surface area contributed by atoms with Gasteiger partial charge in [-0.3, -0.25) is 14.6 Å². The highest BCUT2D eigenvalue weighted by molar-refractivity contribution is 5.88. The van der Waals surface area contributed by atoms with Crippen LogP contribution in [0.3, 0.4) is 0 Å². The number of primary amides is 1. The quantitative estimate of drug-likeness (QED) is 0.552. The molecule has 172 valence electrons. The van der Waals surface area contributed by atoms with Crippen molar-refractivity contribution in [3.63, 3.8) is 0 Å². The van der Waals surface area contributed by atoms with E-state index < -0.39 is 18.1 Å². The number of carboxylic acid groups (broad SMARTS) is 1. The van der Waals surface area contributed by atoms with Crippen LogP contribution < -0.4 is 15.4 Å². The molecule has 0 aromatic carbocycles. The molecule has 1 aromatic heterocycles. The first-order valence-electron chi connectivity index (χ1n) is 10.2. The number of nitrogens with zero attached hydrogens (tertiary/aromatic N) is 4. The van der Waals surface area contributed by atoms with Gasteiger partial charge in [0.25, 0.3) is 0 Å². The summed E-state index contributed by atoms with van der Waals surface area (Å²) in [6.07, 6.45) is 0.755. The summed E-state index contributed by atoms with van der Waals surface area (Å²) in [5.41, 5.74) is 5.63. The van der Waals surface area contributed by atoms with Crippen LogP contribution in [0.5, 0.6) is 5.88 Å². The summed E-state index contributed by atoms with van der Waals surface area (Å²) < 4.78 is 10.4. The third-order valence-electron chi connectivity index (χ3n) is 5.19. The van der Waals surface area contributed by atoms with Gasteiger partial charge in [0.05, 0.1) is 25.6 Å². The zero-order chi connectivity index (χ0) is 23.0. The number of piperazine rings is 1. The van der Waals surface area contributed by atoms with Crippen LogP contribution in [0.2, 0.25) is 0 Å². The van der Waals surface area contributed by atoms with Crippen molar-refractivity contribution in [2.45, 2.75) is 38.8 Å². The highest BCUT2D eigenvalue weighted by Gasteiger charge is 2.31. The number of ether oxygens (including phenoxy) is 2. The Morgan fingerprint density at radius 1 is 1.26 bits per heavy atom. The molecule has 0 saturated carbocycles. The van der Waals surface area contributed by atoms with E-state index in [1.165, 1.54) is 23.1 Å². The predicted molar refractivity (Wildman–Crippen MR) is 113 cm³/mol. The summed E-state index contributed by atoms with van der Waals surface area (Å²) in [7, 11) is 1.26. The van der Waals surface area contributed by atoms with Gasteiger partial charge in [-0.1, -0.05) is 0 Å². The smallest absolute Gasteiger partial charge is 0.414 e. The molecule has 1 fully saturated rings. The number of hydrogen-bond acceptors (Lipinski definition) is 7. The van der Waals surface area contributed by atoms with E-state index in [0.29, 0.717) is 31.3 Å². The lowest BCUT2D eigenvalue weighted by atomic mass is 10.1. The minimum Gasteiger partial charge on any atom is -0.478 e. The molecule has 3 N–H and O–H groups in total. The second kappa shape index (κ2) is 11.3. The van der Waals surface area contributed by atoms with Gasteiger partial charge >= 0.3 is 12.2 Å². The predicted octanol–water partition coefficient (Wildman–Crippen LogP) is 1.37. The van der Waals surface area contributed by atoms with Crippen molar-refractivity contribution < 1.29 is 29.0 Å². The first kappa shape index (κ1) is 24.2. The largest absolute Gasteiger partial charge is 0.478 e. The van der Waals surface area contributed by atoms with E-state index in [2.05, 4.69) is 9.88 Å². The Hall–Kier alpha value is -3.08. The van der Waals surface area contributed by atoms with Gasteiger partial charge in [-0.2, -0.15) is 0 Å². The number of anilines is 1. The third kappa shape index (κ3) is 6.99. The molecule has 11 heteroatoms. The van der Waals surface area contributed by atoms with Crippen molar-refractivity contribution in [1.82, 2.24) is 14.8 Å². The maximum absolute atomic E-state index is 11.9. The summed E-state index contributed by atoms with van der Waals surface area (Å²) in [5.74, 6) is -0.102. The normalized spacial score (nSPS) is 19.0. The number of methoxy groups -OCH3 is 1. The SMILES string of the molecule is COC(=O)N(CCC(N)=O)c1ccc(OCCCN2C(C)CN(C(=O)O)CC2C)nc1. The summed E-state index contributed by atoms with van der Waals surface area (Å²) in [6.45, 7) is 6.38. The Morgan fingerprint density at radius 2 is 1.94 bits per heavy atom. The average molecular weight is 437 g/mol. The fraction of sp³-hybridized carbons (Fsp3) is 0.600. The van der Waals surface area contributed by atoms with Gasteiger partial charge in [0.15, 0.2) is 0 Å². The molecule has 1 saturated heterocycles. The van der Waals surface area contributed by atoms with E-state index in [9.17, 15) is 19.5 Å². The number of rotatable bonds is 9. The molecular weight excluding hydrogens is 406 g/mol. The first-order valence-corrected chi connectivity index (χ1v) is 10.2. The molecule has 2 rings (SSSR count). The van der Waals surface area contributed by atoms with Gasteiger partial charge < -0.3 is 25.2 Å². The molecule has 0 spiro atoms.